The summed E-state index contributed by atoms with van der Waals surface area (Å²) in [6.07, 6.45) is 1.81. The smallest absolute Gasteiger partial charge is 0.164 e. The lowest BCUT2D eigenvalue weighted by Gasteiger charge is -2.10. The van der Waals surface area contributed by atoms with E-state index in [1.807, 2.05) is 85.1 Å². The van der Waals surface area contributed by atoms with Gasteiger partial charge in [0, 0.05) is 39.2 Å². The molecule has 210 valence electrons. The first-order valence-corrected chi connectivity index (χ1v) is 14.9. The van der Waals surface area contributed by atoms with E-state index in [1.165, 1.54) is 0 Å². The average Bonchev–Trinajstić information content (AvgIpc) is 3.48. The van der Waals surface area contributed by atoms with E-state index in [0.29, 0.717) is 17.5 Å². The molecule has 0 aliphatic carbocycles. The number of pyridine rings is 1. The van der Waals surface area contributed by atoms with Gasteiger partial charge in [0.2, 0.25) is 0 Å². The minimum Gasteiger partial charge on any atom is -0.456 e. The van der Waals surface area contributed by atoms with Crippen LogP contribution in [-0.4, -0.2) is 19.9 Å². The Morgan fingerprint density at radius 2 is 0.978 bits per heavy atom. The normalized spacial score (nSPS) is 11.6. The van der Waals surface area contributed by atoms with Gasteiger partial charge in [-0.25, -0.2) is 15.0 Å². The number of rotatable bonds is 4. The first-order valence-electron chi connectivity index (χ1n) is 14.9. The number of hydrogen-bond acceptors (Lipinski definition) is 5. The lowest BCUT2D eigenvalue weighted by molar-refractivity contribution is 0.669. The molecule has 9 aromatic rings. The Morgan fingerprint density at radius 3 is 1.69 bits per heavy atom. The highest BCUT2D eigenvalue weighted by Gasteiger charge is 2.15. The van der Waals surface area contributed by atoms with Crippen LogP contribution in [0.15, 0.2) is 150 Å². The van der Waals surface area contributed by atoms with Crippen LogP contribution in [0.4, 0.5) is 0 Å². The molecular formula is C40H24N4O. The summed E-state index contributed by atoms with van der Waals surface area (Å²) in [7, 11) is 0. The fraction of sp³-hybridized carbons (Fsp3) is 0. The second-order valence-corrected chi connectivity index (χ2v) is 11.1. The largest absolute Gasteiger partial charge is 0.456 e. The van der Waals surface area contributed by atoms with Crippen LogP contribution in [0.3, 0.4) is 0 Å². The minimum atomic E-state index is 0.633. The van der Waals surface area contributed by atoms with E-state index in [9.17, 15) is 0 Å². The van der Waals surface area contributed by atoms with E-state index in [4.69, 9.17) is 19.4 Å². The van der Waals surface area contributed by atoms with Crippen LogP contribution >= 0.6 is 0 Å². The molecular weight excluding hydrogens is 552 g/mol. The van der Waals surface area contributed by atoms with Gasteiger partial charge in [0.15, 0.2) is 17.5 Å². The highest BCUT2D eigenvalue weighted by Crippen LogP contribution is 2.37. The Morgan fingerprint density at radius 1 is 0.378 bits per heavy atom. The average molecular weight is 577 g/mol. The molecule has 6 aromatic carbocycles. The molecule has 0 aliphatic heterocycles. The van der Waals surface area contributed by atoms with Gasteiger partial charge in [-0.1, -0.05) is 97.1 Å². The van der Waals surface area contributed by atoms with Crippen molar-refractivity contribution in [2.24, 2.45) is 0 Å². The summed E-state index contributed by atoms with van der Waals surface area (Å²) in [4.78, 5) is 19.3. The van der Waals surface area contributed by atoms with Gasteiger partial charge in [0.05, 0.1) is 5.69 Å². The van der Waals surface area contributed by atoms with E-state index in [0.717, 1.165) is 71.4 Å². The van der Waals surface area contributed by atoms with Crippen LogP contribution in [0.25, 0.3) is 88.9 Å². The Kier molecular flexibility index (Phi) is 5.74. The second kappa shape index (κ2) is 10.2. The maximum absolute atomic E-state index is 6.46. The molecule has 9 rings (SSSR count). The molecule has 5 nitrogen and oxygen atoms in total. The molecule has 0 bridgehead atoms. The first kappa shape index (κ1) is 25.3. The summed E-state index contributed by atoms with van der Waals surface area (Å²) in [5.74, 6) is 1.92. The number of aromatic nitrogens is 4. The third-order valence-corrected chi connectivity index (χ3v) is 8.35. The zero-order valence-electron chi connectivity index (χ0n) is 24.1. The molecule has 3 heterocycles. The lowest BCUT2D eigenvalue weighted by Crippen LogP contribution is -2.00. The number of benzene rings is 6. The molecule has 3 aromatic heterocycles. The zero-order chi connectivity index (χ0) is 29.7. The number of fused-ring (bicyclic) bond motifs is 6. The summed E-state index contributed by atoms with van der Waals surface area (Å²) in [6.45, 7) is 0. The molecule has 0 aliphatic rings. The van der Waals surface area contributed by atoms with E-state index in [1.54, 1.807) is 0 Å². The maximum Gasteiger partial charge on any atom is 0.164 e. The monoisotopic (exact) mass is 576 g/mol. The number of hydrogen-bond donors (Lipinski definition) is 0. The zero-order valence-corrected chi connectivity index (χ0v) is 24.1. The van der Waals surface area contributed by atoms with Crippen molar-refractivity contribution in [3.05, 3.63) is 146 Å². The third kappa shape index (κ3) is 4.41. The van der Waals surface area contributed by atoms with Crippen molar-refractivity contribution in [3.8, 4) is 45.4 Å². The molecule has 5 heteroatoms. The van der Waals surface area contributed by atoms with Gasteiger partial charge in [0.1, 0.15) is 11.2 Å². The van der Waals surface area contributed by atoms with Crippen molar-refractivity contribution < 1.29 is 4.42 Å². The highest BCUT2D eigenvalue weighted by molar-refractivity contribution is 6.16. The van der Waals surface area contributed by atoms with Crippen LogP contribution < -0.4 is 0 Å². The van der Waals surface area contributed by atoms with Crippen LogP contribution in [-0.2, 0) is 0 Å². The van der Waals surface area contributed by atoms with Gasteiger partial charge in [-0.05, 0) is 64.0 Å². The molecule has 0 saturated heterocycles. The fourth-order valence-electron chi connectivity index (χ4n) is 6.09. The molecule has 0 spiro atoms. The van der Waals surface area contributed by atoms with Crippen molar-refractivity contribution in [1.82, 2.24) is 19.9 Å². The van der Waals surface area contributed by atoms with Crippen molar-refractivity contribution in [1.29, 1.82) is 0 Å². The maximum atomic E-state index is 6.46. The van der Waals surface area contributed by atoms with Gasteiger partial charge in [-0.15, -0.1) is 0 Å². The fourth-order valence-corrected chi connectivity index (χ4v) is 6.09. The Bertz CT molecular complexity index is 2470. The first-order chi connectivity index (χ1) is 22.3. The summed E-state index contributed by atoms with van der Waals surface area (Å²) >= 11 is 0. The van der Waals surface area contributed by atoms with Crippen LogP contribution in [0.2, 0.25) is 0 Å². The Balaban J connectivity index is 1.22. The molecule has 0 atom stereocenters. The van der Waals surface area contributed by atoms with Crippen molar-refractivity contribution >= 4 is 43.5 Å². The van der Waals surface area contributed by atoms with Crippen LogP contribution in [0.5, 0.6) is 0 Å². The summed E-state index contributed by atoms with van der Waals surface area (Å²) in [5.41, 5.74) is 6.48. The number of nitrogens with zero attached hydrogens (tertiary/aromatic N) is 4. The molecule has 0 radical (unpaired) electrons. The minimum absolute atomic E-state index is 0.633. The van der Waals surface area contributed by atoms with Crippen LogP contribution in [0.1, 0.15) is 0 Å². The Hall–Kier alpha value is -6.20. The highest BCUT2D eigenvalue weighted by atomic mass is 16.3. The van der Waals surface area contributed by atoms with Crippen molar-refractivity contribution in [3.63, 3.8) is 0 Å². The van der Waals surface area contributed by atoms with Gasteiger partial charge < -0.3 is 4.42 Å². The molecule has 45 heavy (non-hydrogen) atoms. The second-order valence-electron chi connectivity index (χ2n) is 11.1. The van der Waals surface area contributed by atoms with E-state index < -0.39 is 0 Å². The summed E-state index contributed by atoms with van der Waals surface area (Å²) < 4.78 is 6.46. The SMILES string of the molecule is c1ccc(-c2nc(-c3ccccc3)nc(-c3ccc4ccc5cc6c(cc5c4c3)oc3cc(-c4ccccn4)ccc36)n2)cc1. The van der Waals surface area contributed by atoms with E-state index in [2.05, 4.69) is 65.6 Å². The number of furan rings is 1. The van der Waals surface area contributed by atoms with Crippen molar-refractivity contribution in [2.45, 2.75) is 0 Å². The molecule has 0 saturated carbocycles. The van der Waals surface area contributed by atoms with Gasteiger partial charge in [0.25, 0.3) is 0 Å². The predicted molar refractivity (Wildman–Crippen MR) is 182 cm³/mol. The standard InChI is InChI=1S/C40H24N4O/c1-3-9-26(10-4-1)38-42-39(27-11-5-2-6-12-27)44-40(43-38)30-17-15-25-14-16-28-21-34-31-19-18-29(35-13-7-8-20-41-35)23-36(31)45-37(34)24-33(28)32(25)22-30/h1-24H. The summed E-state index contributed by atoms with van der Waals surface area (Å²) in [5, 5.41) is 6.70. The topological polar surface area (TPSA) is 64.7 Å². The Labute approximate surface area is 258 Å². The predicted octanol–water partition coefficient (Wildman–Crippen LogP) is 10.1. The third-order valence-electron chi connectivity index (χ3n) is 8.35. The van der Waals surface area contributed by atoms with Gasteiger partial charge in [-0.3, -0.25) is 4.98 Å². The molecule has 0 N–H and O–H groups in total. The van der Waals surface area contributed by atoms with Crippen molar-refractivity contribution in [2.75, 3.05) is 0 Å². The quantitative estimate of drug-likeness (QED) is 0.195. The molecule has 0 unspecified atom stereocenters. The lowest BCUT2D eigenvalue weighted by atomic mass is 9.98. The molecule has 0 fully saturated rings. The molecule has 0 amide bonds. The van der Waals surface area contributed by atoms with Gasteiger partial charge in [-0.2, -0.15) is 0 Å². The van der Waals surface area contributed by atoms with Crippen LogP contribution in [0, 0.1) is 0 Å². The van der Waals surface area contributed by atoms with E-state index >= 15 is 0 Å². The van der Waals surface area contributed by atoms with E-state index in [-0.39, 0.29) is 0 Å². The van der Waals surface area contributed by atoms with Gasteiger partial charge >= 0.3 is 0 Å². The summed E-state index contributed by atoms with van der Waals surface area (Å²) in [6, 6.07) is 47.5.